The molecule has 2 aromatic carbocycles. The van der Waals surface area contributed by atoms with Crippen molar-refractivity contribution in [3.8, 4) is 11.5 Å². The number of benzene rings is 2. The van der Waals surface area contributed by atoms with E-state index in [1.165, 1.54) is 11.1 Å². The molecule has 0 radical (unpaired) electrons. The maximum Gasteiger partial charge on any atom is 0.119 e. The number of ether oxygens (including phenoxy) is 3. The maximum absolute atomic E-state index is 5.83. The minimum Gasteiger partial charge on any atom is -0.493 e. The van der Waals surface area contributed by atoms with E-state index in [1.807, 2.05) is 24.3 Å². The summed E-state index contributed by atoms with van der Waals surface area (Å²) in [4.78, 5) is 0. The van der Waals surface area contributed by atoms with Crippen molar-refractivity contribution in [1.82, 2.24) is 0 Å². The highest BCUT2D eigenvalue weighted by atomic mass is 35.5. The van der Waals surface area contributed by atoms with Crippen LogP contribution in [0.1, 0.15) is 31.9 Å². The summed E-state index contributed by atoms with van der Waals surface area (Å²) in [6.07, 6.45) is 0.277. The number of alkyl halides is 1. The van der Waals surface area contributed by atoms with Gasteiger partial charge in [-0.05, 0) is 35.4 Å². The third-order valence-corrected chi connectivity index (χ3v) is 5.32. The Morgan fingerprint density at radius 3 is 1.96 bits per heavy atom. The van der Waals surface area contributed by atoms with Gasteiger partial charge in [-0.15, -0.1) is 11.6 Å². The summed E-state index contributed by atoms with van der Waals surface area (Å²) in [7, 11) is 0. The van der Waals surface area contributed by atoms with E-state index in [9.17, 15) is 0 Å². The summed E-state index contributed by atoms with van der Waals surface area (Å²) < 4.78 is 16.7. The molecule has 3 rings (SSSR count). The van der Waals surface area contributed by atoms with E-state index in [4.69, 9.17) is 25.8 Å². The minimum atomic E-state index is -0.0971. The van der Waals surface area contributed by atoms with Crippen molar-refractivity contribution >= 4 is 11.6 Å². The zero-order valence-electron chi connectivity index (χ0n) is 15.7. The molecule has 26 heavy (non-hydrogen) atoms. The number of halogens is 1. The zero-order valence-corrected chi connectivity index (χ0v) is 16.5. The lowest BCUT2D eigenvalue weighted by Gasteiger charge is -2.26. The molecule has 2 aromatic rings. The smallest absolute Gasteiger partial charge is 0.119 e. The zero-order chi connectivity index (χ0) is 18.6. The summed E-state index contributed by atoms with van der Waals surface area (Å²) in [6, 6.07) is 16.7. The fourth-order valence-corrected chi connectivity index (χ4v) is 2.83. The molecule has 0 N–H and O–H groups in total. The van der Waals surface area contributed by atoms with Gasteiger partial charge in [-0.25, -0.2) is 0 Å². The Morgan fingerprint density at radius 2 is 1.50 bits per heavy atom. The Kier molecular flexibility index (Phi) is 6.10. The minimum absolute atomic E-state index is 0.0971. The molecule has 1 fully saturated rings. The summed E-state index contributed by atoms with van der Waals surface area (Å²) in [5, 5.41) is 0. The third-order valence-electron chi connectivity index (χ3n) is 4.79. The molecule has 0 bridgehead atoms. The lowest BCUT2D eigenvalue weighted by Crippen LogP contribution is -2.19. The highest BCUT2D eigenvalue weighted by Crippen LogP contribution is 2.33. The molecular formula is C22H27ClO3. The predicted molar refractivity (Wildman–Crippen MR) is 106 cm³/mol. The van der Waals surface area contributed by atoms with Crippen LogP contribution in [-0.4, -0.2) is 31.8 Å². The van der Waals surface area contributed by atoms with Crippen molar-refractivity contribution in [1.29, 1.82) is 0 Å². The van der Waals surface area contributed by atoms with Crippen molar-refractivity contribution in [2.45, 2.75) is 32.3 Å². The van der Waals surface area contributed by atoms with E-state index in [-0.39, 0.29) is 11.5 Å². The topological polar surface area (TPSA) is 31.0 Å². The molecule has 4 heteroatoms. The van der Waals surface area contributed by atoms with Crippen molar-refractivity contribution in [2.24, 2.45) is 5.92 Å². The first-order chi connectivity index (χ1) is 12.5. The van der Waals surface area contributed by atoms with Gasteiger partial charge in [0.05, 0.1) is 13.2 Å². The normalized spacial score (nSPS) is 17.6. The van der Waals surface area contributed by atoms with Crippen LogP contribution in [-0.2, 0) is 10.2 Å². The standard InChI is InChI=1S/C22H27ClO3/c1-16(12-23)13-24-19-8-4-17(5-9-19)22(2,3)18-6-10-20(11-7-18)25-14-21-15-26-21/h4-11,16,21H,12-15H2,1-3H3. The molecule has 0 saturated carbocycles. The molecule has 1 heterocycles. The molecule has 2 unspecified atom stereocenters. The summed E-state index contributed by atoms with van der Waals surface area (Å²) in [6.45, 7) is 8.62. The SMILES string of the molecule is CC(CCl)COc1ccc(C(C)(C)c2ccc(OCC3CO3)cc2)cc1. The molecule has 1 saturated heterocycles. The van der Waals surface area contributed by atoms with Crippen LogP contribution in [0.3, 0.4) is 0 Å². The van der Waals surface area contributed by atoms with Crippen LogP contribution in [0.25, 0.3) is 0 Å². The molecule has 0 aromatic heterocycles. The third kappa shape index (κ3) is 4.93. The molecule has 1 aliphatic rings. The van der Waals surface area contributed by atoms with Gasteiger partial charge in [-0.1, -0.05) is 45.0 Å². The quantitative estimate of drug-likeness (QED) is 0.455. The first kappa shape index (κ1) is 19.1. The maximum atomic E-state index is 5.83. The number of epoxide rings is 1. The number of hydrogen-bond donors (Lipinski definition) is 0. The molecule has 140 valence electrons. The second kappa shape index (κ2) is 8.32. The monoisotopic (exact) mass is 374 g/mol. The van der Waals surface area contributed by atoms with Gasteiger partial charge in [-0.2, -0.15) is 0 Å². The van der Waals surface area contributed by atoms with E-state index < -0.39 is 0 Å². The largest absolute Gasteiger partial charge is 0.493 e. The first-order valence-electron chi connectivity index (χ1n) is 9.13. The Labute approximate surface area is 161 Å². The average molecular weight is 375 g/mol. The average Bonchev–Trinajstić information content (AvgIpc) is 3.49. The van der Waals surface area contributed by atoms with Crippen LogP contribution in [0.4, 0.5) is 0 Å². The Balaban J connectivity index is 1.64. The molecule has 0 spiro atoms. The van der Waals surface area contributed by atoms with E-state index in [1.54, 1.807) is 0 Å². The lowest BCUT2D eigenvalue weighted by molar-refractivity contribution is 0.263. The van der Waals surface area contributed by atoms with Crippen LogP contribution in [0.5, 0.6) is 11.5 Å². The summed E-state index contributed by atoms with van der Waals surface area (Å²) >= 11 is 5.83. The fraction of sp³-hybridized carbons (Fsp3) is 0.455. The second-order valence-corrected chi connectivity index (χ2v) is 7.82. The number of rotatable bonds is 9. The molecule has 0 aliphatic carbocycles. The molecule has 1 aliphatic heterocycles. The van der Waals surface area contributed by atoms with Gasteiger partial charge in [0.25, 0.3) is 0 Å². The number of hydrogen-bond acceptors (Lipinski definition) is 3. The van der Waals surface area contributed by atoms with Gasteiger partial charge in [-0.3, -0.25) is 0 Å². The van der Waals surface area contributed by atoms with E-state index in [0.29, 0.717) is 25.0 Å². The van der Waals surface area contributed by atoms with E-state index in [0.717, 1.165) is 18.1 Å². The van der Waals surface area contributed by atoms with Crippen LogP contribution in [0, 0.1) is 5.92 Å². The van der Waals surface area contributed by atoms with Crippen LogP contribution >= 0.6 is 11.6 Å². The summed E-state index contributed by atoms with van der Waals surface area (Å²) in [5.41, 5.74) is 2.40. The first-order valence-corrected chi connectivity index (χ1v) is 9.66. The Morgan fingerprint density at radius 1 is 1.00 bits per heavy atom. The molecule has 0 amide bonds. The Bertz CT molecular complexity index is 690. The van der Waals surface area contributed by atoms with Gasteiger partial charge >= 0.3 is 0 Å². The molecule has 3 nitrogen and oxygen atoms in total. The summed E-state index contributed by atoms with van der Waals surface area (Å²) in [5.74, 6) is 2.73. The Hall–Kier alpha value is -1.71. The second-order valence-electron chi connectivity index (χ2n) is 7.51. The predicted octanol–water partition coefficient (Wildman–Crippen LogP) is 5.04. The van der Waals surface area contributed by atoms with Gasteiger partial charge in [0.15, 0.2) is 0 Å². The van der Waals surface area contributed by atoms with Crippen molar-refractivity contribution in [3.63, 3.8) is 0 Å². The molecular weight excluding hydrogens is 348 g/mol. The van der Waals surface area contributed by atoms with Gasteiger partial charge in [0.1, 0.15) is 24.2 Å². The van der Waals surface area contributed by atoms with Crippen molar-refractivity contribution in [2.75, 3.05) is 25.7 Å². The van der Waals surface area contributed by atoms with Crippen LogP contribution < -0.4 is 9.47 Å². The van der Waals surface area contributed by atoms with Crippen molar-refractivity contribution in [3.05, 3.63) is 59.7 Å². The van der Waals surface area contributed by atoms with E-state index in [2.05, 4.69) is 45.0 Å². The highest BCUT2D eigenvalue weighted by Gasteiger charge is 2.24. The van der Waals surface area contributed by atoms with Gasteiger partial charge < -0.3 is 14.2 Å². The van der Waals surface area contributed by atoms with Gasteiger partial charge in [0.2, 0.25) is 0 Å². The van der Waals surface area contributed by atoms with Gasteiger partial charge in [0, 0.05) is 17.2 Å². The molecule has 2 atom stereocenters. The van der Waals surface area contributed by atoms with Crippen LogP contribution in [0.2, 0.25) is 0 Å². The van der Waals surface area contributed by atoms with Crippen molar-refractivity contribution < 1.29 is 14.2 Å². The van der Waals surface area contributed by atoms with Crippen LogP contribution in [0.15, 0.2) is 48.5 Å². The van der Waals surface area contributed by atoms with E-state index >= 15 is 0 Å². The lowest BCUT2D eigenvalue weighted by atomic mass is 9.78. The highest BCUT2D eigenvalue weighted by molar-refractivity contribution is 6.18. The fourth-order valence-electron chi connectivity index (χ4n) is 2.74.